The molecule has 2 aromatic rings. The monoisotopic (exact) mass is 334 g/mol. The van der Waals surface area contributed by atoms with Gasteiger partial charge in [0.25, 0.3) is 5.91 Å². The van der Waals surface area contributed by atoms with Gasteiger partial charge >= 0.3 is 0 Å². The Balaban J connectivity index is 1.61. The molecular formula is C16H16F2N4O2. The molecule has 8 heteroatoms. The van der Waals surface area contributed by atoms with Gasteiger partial charge in [-0.15, -0.1) is 10.2 Å². The fraction of sp³-hybridized carbons (Fsp3) is 0.312. The van der Waals surface area contributed by atoms with Crippen LogP contribution in [0, 0.1) is 11.6 Å². The van der Waals surface area contributed by atoms with Gasteiger partial charge in [0.2, 0.25) is 0 Å². The van der Waals surface area contributed by atoms with E-state index in [-0.39, 0.29) is 11.8 Å². The number of para-hydroxylation sites is 1. The van der Waals surface area contributed by atoms with Crippen LogP contribution in [-0.4, -0.2) is 35.4 Å². The lowest BCUT2D eigenvalue weighted by Crippen LogP contribution is -2.20. The first-order valence-electron chi connectivity index (χ1n) is 7.58. The van der Waals surface area contributed by atoms with Crippen LogP contribution in [0.1, 0.15) is 23.3 Å². The van der Waals surface area contributed by atoms with Gasteiger partial charge < -0.3 is 15.4 Å². The van der Waals surface area contributed by atoms with Gasteiger partial charge in [-0.1, -0.05) is 6.07 Å². The first-order valence-corrected chi connectivity index (χ1v) is 7.58. The number of hydrogen-bond donors (Lipinski definition) is 2. The molecule has 1 aromatic heterocycles. The van der Waals surface area contributed by atoms with Crippen LogP contribution in [0.15, 0.2) is 30.3 Å². The second-order valence-corrected chi connectivity index (χ2v) is 5.37. The lowest BCUT2D eigenvalue weighted by Gasteiger charge is -2.11. The molecule has 1 unspecified atom stereocenters. The lowest BCUT2D eigenvalue weighted by atomic mass is 10.2. The van der Waals surface area contributed by atoms with E-state index >= 15 is 0 Å². The van der Waals surface area contributed by atoms with Crippen LogP contribution in [0.5, 0.6) is 0 Å². The number of rotatable bonds is 5. The van der Waals surface area contributed by atoms with Gasteiger partial charge in [-0.05, 0) is 37.1 Å². The Labute approximate surface area is 137 Å². The molecule has 0 bridgehead atoms. The largest absolute Gasteiger partial charge is 0.376 e. The van der Waals surface area contributed by atoms with Gasteiger partial charge in [-0.3, -0.25) is 4.79 Å². The molecule has 2 N–H and O–H groups in total. The molecule has 24 heavy (non-hydrogen) atoms. The van der Waals surface area contributed by atoms with Crippen molar-refractivity contribution in [3.63, 3.8) is 0 Å². The van der Waals surface area contributed by atoms with Crippen molar-refractivity contribution in [2.45, 2.75) is 18.9 Å². The van der Waals surface area contributed by atoms with Gasteiger partial charge in [0.05, 0.1) is 6.10 Å². The van der Waals surface area contributed by atoms with Crippen molar-refractivity contribution < 1.29 is 18.3 Å². The Morgan fingerprint density at radius 1 is 1.21 bits per heavy atom. The predicted octanol–water partition coefficient (Wildman–Crippen LogP) is 2.60. The third-order valence-corrected chi connectivity index (χ3v) is 3.63. The van der Waals surface area contributed by atoms with Crippen LogP contribution >= 0.6 is 0 Å². The molecule has 1 aromatic carbocycles. The van der Waals surface area contributed by atoms with E-state index in [2.05, 4.69) is 20.8 Å². The van der Waals surface area contributed by atoms with Crippen LogP contribution < -0.4 is 10.6 Å². The van der Waals surface area contributed by atoms with E-state index in [1.165, 1.54) is 12.1 Å². The summed E-state index contributed by atoms with van der Waals surface area (Å²) in [6.45, 7) is 1.38. The van der Waals surface area contributed by atoms with Crippen molar-refractivity contribution in [2.75, 3.05) is 23.8 Å². The average molecular weight is 334 g/mol. The van der Waals surface area contributed by atoms with E-state index in [0.717, 1.165) is 31.6 Å². The Kier molecular flexibility index (Phi) is 4.95. The first kappa shape index (κ1) is 16.3. The Morgan fingerprint density at radius 2 is 2.00 bits per heavy atom. The highest BCUT2D eigenvalue weighted by Gasteiger charge is 2.16. The maximum Gasteiger partial charge on any atom is 0.276 e. The SMILES string of the molecule is O=C(Nc1c(F)cccc1F)c1ccc(NCC2CCCO2)nn1. The Morgan fingerprint density at radius 3 is 2.62 bits per heavy atom. The van der Waals surface area contributed by atoms with Gasteiger partial charge in [0, 0.05) is 13.2 Å². The standard InChI is InChI=1S/C16H16F2N4O2/c17-11-4-1-5-12(18)15(11)20-16(23)13-6-7-14(22-21-13)19-9-10-3-2-8-24-10/h1,4-7,10H,2-3,8-9H2,(H,19,22)(H,20,23). The lowest BCUT2D eigenvalue weighted by molar-refractivity contribution is 0.102. The molecule has 126 valence electrons. The molecule has 1 amide bonds. The molecule has 0 aliphatic carbocycles. The van der Waals surface area contributed by atoms with Crippen LogP contribution in [0.4, 0.5) is 20.3 Å². The van der Waals surface area contributed by atoms with Crippen LogP contribution in [0.25, 0.3) is 0 Å². The minimum atomic E-state index is -0.855. The zero-order valence-electron chi connectivity index (χ0n) is 12.8. The molecule has 2 heterocycles. The van der Waals surface area contributed by atoms with Crippen LogP contribution in [0.2, 0.25) is 0 Å². The number of carbonyl (C=O) groups excluding carboxylic acids is 1. The van der Waals surface area contributed by atoms with E-state index in [1.807, 2.05) is 0 Å². The number of nitrogens with one attached hydrogen (secondary N) is 2. The van der Waals surface area contributed by atoms with Crippen molar-refractivity contribution in [2.24, 2.45) is 0 Å². The molecule has 1 saturated heterocycles. The van der Waals surface area contributed by atoms with E-state index in [9.17, 15) is 13.6 Å². The first-order chi connectivity index (χ1) is 11.6. The van der Waals surface area contributed by atoms with E-state index < -0.39 is 23.2 Å². The van der Waals surface area contributed by atoms with E-state index in [0.29, 0.717) is 12.4 Å². The van der Waals surface area contributed by atoms with Gasteiger partial charge in [-0.2, -0.15) is 0 Å². The number of carbonyl (C=O) groups is 1. The summed E-state index contributed by atoms with van der Waals surface area (Å²) in [4.78, 5) is 12.0. The second-order valence-electron chi connectivity index (χ2n) is 5.37. The molecule has 1 fully saturated rings. The maximum absolute atomic E-state index is 13.5. The van der Waals surface area contributed by atoms with E-state index in [4.69, 9.17) is 4.74 Å². The fourth-order valence-electron chi connectivity index (χ4n) is 2.37. The molecule has 1 aliphatic rings. The molecule has 3 rings (SSSR count). The molecule has 0 radical (unpaired) electrons. The number of hydrogen-bond acceptors (Lipinski definition) is 5. The smallest absolute Gasteiger partial charge is 0.276 e. The molecule has 0 spiro atoms. The topological polar surface area (TPSA) is 76.1 Å². The van der Waals surface area contributed by atoms with Crippen LogP contribution in [0.3, 0.4) is 0 Å². The Bertz CT molecular complexity index is 698. The van der Waals surface area contributed by atoms with Gasteiger partial charge in [0.15, 0.2) is 5.69 Å². The maximum atomic E-state index is 13.5. The predicted molar refractivity (Wildman–Crippen MR) is 83.8 cm³/mol. The third-order valence-electron chi connectivity index (χ3n) is 3.63. The number of amides is 1. The number of nitrogens with zero attached hydrogens (tertiary/aromatic N) is 2. The summed E-state index contributed by atoms with van der Waals surface area (Å²) in [6.07, 6.45) is 2.19. The van der Waals surface area contributed by atoms with Crippen molar-refractivity contribution in [3.8, 4) is 0 Å². The summed E-state index contributed by atoms with van der Waals surface area (Å²) in [5.74, 6) is -1.95. The highest BCUT2D eigenvalue weighted by molar-refractivity contribution is 6.02. The molecule has 0 saturated carbocycles. The summed E-state index contributed by atoms with van der Waals surface area (Å²) in [5, 5.41) is 12.9. The highest BCUT2D eigenvalue weighted by Crippen LogP contribution is 2.19. The molecule has 6 nitrogen and oxygen atoms in total. The zero-order valence-corrected chi connectivity index (χ0v) is 12.8. The summed E-state index contributed by atoms with van der Waals surface area (Å²) in [5.41, 5.74) is -0.551. The van der Waals surface area contributed by atoms with Gasteiger partial charge in [-0.25, -0.2) is 8.78 Å². The molecule has 1 atom stereocenters. The summed E-state index contributed by atoms with van der Waals surface area (Å²) < 4.78 is 32.5. The number of ether oxygens (including phenoxy) is 1. The third kappa shape index (κ3) is 3.83. The highest BCUT2D eigenvalue weighted by atomic mass is 19.1. The number of benzene rings is 1. The number of halogens is 2. The normalized spacial score (nSPS) is 16.8. The van der Waals surface area contributed by atoms with Crippen molar-refractivity contribution in [1.82, 2.24) is 10.2 Å². The second kappa shape index (κ2) is 7.31. The van der Waals surface area contributed by atoms with Crippen molar-refractivity contribution >= 4 is 17.4 Å². The number of anilines is 2. The minimum absolute atomic E-state index is 0.0414. The number of aromatic nitrogens is 2. The Hall–Kier alpha value is -2.61. The van der Waals surface area contributed by atoms with Crippen molar-refractivity contribution in [3.05, 3.63) is 47.7 Å². The molecule has 1 aliphatic heterocycles. The zero-order chi connectivity index (χ0) is 16.9. The summed E-state index contributed by atoms with van der Waals surface area (Å²) in [7, 11) is 0. The minimum Gasteiger partial charge on any atom is -0.376 e. The van der Waals surface area contributed by atoms with Crippen molar-refractivity contribution in [1.29, 1.82) is 0 Å². The van der Waals surface area contributed by atoms with Crippen LogP contribution in [-0.2, 0) is 4.74 Å². The average Bonchev–Trinajstić information content (AvgIpc) is 3.10. The van der Waals surface area contributed by atoms with Gasteiger partial charge in [0.1, 0.15) is 23.1 Å². The van der Waals surface area contributed by atoms with E-state index in [1.54, 1.807) is 6.07 Å². The summed E-state index contributed by atoms with van der Waals surface area (Å²) >= 11 is 0. The molecular weight excluding hydrogens is 318 g/mol. The quantitative estimate of drug-likeness (QED) is 0.879. The summed E-state index contributed by atoms with van der Waals surface area (Å²) in [6, 6.07) is 6.34. The fourth-order valence-corrected chi connectivity index (χ4v) is 2.37.